The van der Waals surface area contributed by atoms with Gasteiger partial charge in [0.25, 0.3) is 6.01 Å². The van der Waals surface area contributed by atoms with E-state index in [1.165, 1.54) is 25.7 Å². The van der Waals surface area contributed by atoms with Crippen LogP contribution in [0.1, 0.15) is 43.1 Å². The lowest BCUT2D eigenvalue weighted by Crippen LogP contribution is -1.95. The number of oxazole rings is 1. The molecular formula is C9H14N2O. The summed E-state index contributed by atoms with van der Waals surface area (Å²) in [6.45, 7) is 1.94. The Morgan fingerprint density at radius 3 is 2.58 bits per heavy atom. The van der Waals surface area contributed by atoms with Crippen molar-refractivity contribution in [1.82, 2.24) is 4.98 Å². The van der Waals surface area contributed by atoms with E-state index in [1.807, 2.05) is 6.92 Å². The minimum atomic E-state index is 0.314. The zero-order valence-corrected chi connectivity index (χ0v) is 7.34. The average molecular weight is 166 g/mol. The Labute approximate surface area is 72.0 Å². The van der Waals surface area contributed by atoms with Crippen molar-refractivity contribution in [3.8, 4) is 0 Å². The van der Waals surface area contributed by atoms with Crippen molar-refractivity contribution >= 4 is 6.01 Å². The fourth-order valence-electron chi connectivity index (χ4n) is 2.01. The van der Waals surface area contributed by atoms with Crippen LogP contribution in [0.3, 0.4) is 0 Å². The lowest BCUT2D eigenvalue weighted by atomic mass is 10.0. The molecule has 0 unspecified atom stereocenters. The second kappa shape index (κ2) is 2.81. The summed E-state index contributed by atoms with van der Waals surface area (Å²) in [6, 6.07) is 0.314. The maximum atomic E-state index is 5.47. The Bertz CT molecular complexity index is 274. The molecule has 3 heteroatoms. The topological polar surface area (TPSA) is 52.0 Å². The van der Waals surface area contributed by atoms with E-state index in [0.717, 1.165) is 11.5 Å². The van der Waals surface area contributed by atoms with Gasteiger partial charge >= 0.3 is 0 Å². The molecule has 0 amide bonds. The highest BCUT2D eigenvalue weighted by atomic mass is 16.4. The first-order valence-corrected chi connectivity index (χ1v) is 4.50. The van der Waals surface area contributed by atoms with Gasteiger partial charge in [0.2, 0.25) is 0 Å². The number of nitrogens with two attached hydrogens (primary N) is 1. The van der Waals surface area contributed by atoms with Crippen molar-refractivity contribution in [1.29, 1.82) is 0 Å². The van der Waals surface area contributed by atoms with Crippen LogP contribution in [-0.4, -0.2) is 4.98 Å². The van der Waals surface area contributed by atoms with Gasteiger partial charge in [0.05, 0.1) is 5.69 Å². The third kappa shape index (κ3) is 1.19. The molecule has 1 saturated carbocycles. The number of aromatic nitrogens is 1. The first-order valence-electron chi connectivity index (χ1n) is 4.50. The number of nitrogen functional groups attached to an aromatic ring is 1. The standard InChI is InChI=1S/C9H14N2O/c1-6-8(11-9(10)12-6)7-4-2-3-5-7/h7H,2-5H2,1H3,(H2,10,11). The van der Waals surface area contributed by atoms with Crippen molar-refractivity contribution < 1.29 is 4.42 Å². The Hall–Kier alpha value is -0.990. The van der Waals surface area contributed by atoms with Crippen molar-refractivity contribution in [3.63, 3.8) is 0 Å². The fourth-order valence-corrected chi connectivity index (χ4v) is 2.01. The largest absolute Gasteiger partial charge is 0.429 e. The lowest BCUT2D eigenvalue weighted by Gasteiger charge is -2.03. The number of rotatable bonds is 1. The Balaban J connectivity index is 2.25. The summed E-state index contributed by atoms with van der Waals surface area (Å²) in [5.41, 5.74) is 6.56. The average Bonchev–Trinajstić information content (AvgIpc) is 2.58. The summed E-state index contributed by atoms with van der Waals surface area (Å²) < 4.78 is 5.19. The molecule has 1 fully saturated rings. The molecule has 3 nitrogen and oxygen atoms in total. The van der Waals surface area contributed by atoms with Crippen LogP contribution in [-0.2, 0) is 0 Å². The summed E-state index contributed by atoms with van der Waals surface area (Å²) in [5, 5.41) is 0. The number of nitrogens with zero attached hydrogens (tertiary/aromatic N) is 1. The molecule has 0 atom stereocenters. The molecule has 0 aromatic carbocycles. The van der Waals surface area contributed by atoms with Crippen LogP contribution < -0.4 is 5.73 Å². The van der Waals surface area contributed by atoms with Gasteiger partial charge in [-0.05, 0) is 19.8 Å². The van der Waals surface area contributed by atoms with Crippen LogP contribution in [0.4, 0.5) is 6.01 Å². The number of hydrogen-bond acceptors (Lipinski definition) is 3. The predicted molar refractivity (Wildman–Crippen MR) is 46.9 cm³/mol. The quantitative estimate of drug-likeness (QED) is 0.696. The third-order valence-electron chi connectivity index (χ3n) is 2.59. The Morgan fingerprint density at radius 2 is 2.08 bits per heavy atom. The van der Waals surface area contributed by atoms with Crippen molar-refractivity contribution in [2.75, 3.05) is 5.73 Å². The molecule has 0 aliphatic heterocycles. The van der Waals surface area contributed by atoms with Crippen molar-refractivity contribution in [2.24, 2.45) is 0 Å². The summed E-state index contributed by atoms with van der Waals surface area (Å²) >= 11 is 0. The van der Waals surface area contributed by atoms with E-state index in [-0.39, 0.29) is 0 Å². The smallest absolute Gasteiger partial charge is 0.292 e. The molecule has 0 radical (unpaired) electrons. The normalized spacial score (nSPS) is 18.8. The zero-order valence-electron chi connectivity index (χ0n) is 7.34. The van der Waals surface area contributed by atoms with Gasteiger partial charge in [0, 0.05) is 5.92 Å². The van der Waals surface area contributed by atoms with Crippen LogP contribution >= 0.6 is 0 Å². The molecule has 2 rings (SSSR count). The minimum Gasteiger partial charge on any atom is -0.429 e. The first kappa shape index (κ1) is 7.65. The van der Waals surface area contributed by atoms with E-state index in [4.69, 9.17) is 10.2 Å². The van der Waals surface area contributed by atoms with E-state index in [0.29, 0.717) is 11.9 Å². The zero-order chi connectivity index (χ0) is 8.55. The van der Waals surface area contributed by atoms with E-state index >= 15 is 0 Å². The van der Waals surface area contributed by atoms with Gasteiger partial charge in [0.1, 0.15) is 5.76 Å². The number of anilines is 1. The van der Waals surface area contributed by atoms with Crippen molar-refractivity contribution in [2.45, 2.75) is 38.5 Å². The Kier molecular flexibility index (Phi) is 1.79. The second-order valence-corrected chi connectivity index (χ2v) is 3.47. The molecule has 1 aromatic heterocycles. The molecule has 2 N–H and O–H groups in total. The molecule has 0 saturated heterocycles. The van der Waals surface area contributed by atoms with Crippen LogP contribution in [0.25, 0.3) is 0 Å². The third-order valence-corrected chi connectivity index (χ3v) is 2.59. The summed E-state index contributed by atoms with van der Waals surface area (Å²) in [7, 11) is 0. The Morgan fingerprint density at radius 1 is 1.42 bits per heavy atom. The minimum absolute atomic E-state index is 0.314. The molecule has 66 valence electrons. The van der Waals surface area contributed by atoms with E-state index in [9.17, 15) is 0 Å². The van der Waals surface area contributed by atoms with E-state index in [1.54, 1.807) is 0 Å². The van der Waals surface area contributed by atoms with Crippen molar-refractivity contribution in [3.05, 3.63) is 11.5 Å². The van der Waals surface area contributed by atoms with Crippen LogP contribution in [0.15, 0.2) is 4.42 Å². The second-order valence-electron chi connectivity index (χ2n) is 3.47. The highest BCUT2D eigenvalue weighted by Gasteiger charge is 2.22. The van der Waals surface area contributed by atoms with E-state index in [2.05, 4.69) is 4.98 Å². The molecule has 1 aliphatic carbocycles. The van der Waals surface area contributed by atoms with Gasteiger partial charge in [0.15, 0.2) is 0 Å². The van der Waals surface area contributed by atoms with Crippen LogP contribution in [0.2, 0.25) is 0 Å². The molecule has 0 bridgehead atoms. The van der Waals surface area contributed by atoms with Crippen LogP contribution in [0, 0.1) is 6.92 Å². The highest BCUT2D eigenvalue weighted by molar-refractivity contribution is 5.22. The number of aryl methyl sites for hydroxylation is 1. The van der Waals surface area contributed by atoms with Crippen LogP contribution in [0.5, 0.6) is 0 Å². The molecule has 12 heavy (non-hydrogen) atoms. The van der Waals surface area contributed by atoms with Gasteiger partial charge in [-0.15, -0.1) is 0 Å². The maximum absolute atomic E-state index is 5.47. The van der Waals surface area contributed by atoms with Gasteiger partial charge in [-0.3, -0.25) is 0 Å². The maximum Gasteiger partial charge on any atom is 0.292 e. The highest BCUT2D eigenvalue weighted by Crippen LogP contribution is 2.35. The van der Waals surface area contributed by atoms with E-state index < -0.39 is 0 Å². The van der Waals surface area contributed by atoms with Gasteiger partial charge in [-0.1, -0.05) is 12.8 Å². The molecule has 1 heterocycles. The molecule has 0 spiro atoms. The predicted octanol–water partition coefficient (Wildman–Crippen LogP) is 2.22. The molecule has 1 aliphatic rings. The first-order chi connectivity index (χ1) is 5.77. The lowest BCUT2D eigenvalue weighted by molar-refractivity contribution is 0.539. The summed E-state index contributed by atoms with van der Waals surface area (Å²) in [5.74, 6) is 1.51. The number of hydrogen-bond donors (Lipinski definition) is 1. The van der Waals surface area contributed by atoms with Gasteiger partial charge < -0.3 is 10.2 Å². The fraction of sp³-hybridized carbons (Fsp3) is 0.667. The SMILES string of the molecule is Cc1oc(N)nc1C1CCCC1. The molecular weight excluding hydrogens is 152 g/mol. The summed E-state index contributed by atoms with van der Waals surface area (Å²) in [6.07, 6.45) is 5.12. The monoisotopic (exact) mass is 166 g/mol. The molecule has 1 aromatic rings. The van der Waals surface area contributed by atoms with Gasteiger partial charge in [-0.25, -0.2) is 0 Å². The summed E-state index contributed by atoms with van der Waals surface area (Å²) in [4.78, 5) is 4.20. The van der Waals surface area contributed by atoms with Gasteiger partial charge in [-0.2, -0.15) is 4.98 Å².